The van der Waals surface area contributed by atoms with E-state index in [0.29, 0.717) is 35.7 Å². The summed E-state index contributed by atoms with van der Waals surface area (Å²) < 4.78 is 5.24. The maximum Gasteiger partial charge on any atom is 0.341 e. The van der Waals surface area contributed by atoms with E-state index in [2.05, 4.69) is 22.8 Å². The van der Waals surface area contributed by atoms with E-state index >= 15 is 0 Å². The zero-order valence-electron chi connectivity index (χ0n) is 15.5. The number of likely N-dealkylation sites (tertiary alicyclic amines) is 1. The van der Waals surface area contributed by atoms with E-state index in [1.165, 1.54) is 21.1 Å². The second-order valence-electron chi connectivity index (χ2n) is 7.23. The van der Waals surface area contributed by atoms with E-state index in [4.69, 9.17) is 4.74 Å². The number of ether oxygens (including phenoxy) is 1. The highest BCUT2D eigenvalue weighted by Gasteiger charge is 2.34. The lowest BCUT2D eigenvalue weighted by atomic mass is 10.1. The van der Waals surface area contributed by atoms with Crippen LogP contribution in [0.3, 0.4) is 0 Å². The van der Waals surface area contributed by atoms with Gasteiger partial charge in [0.15, 0.2) is 6.54 Å². The number of carbonyl (C=O) groups excluding carboxylic acids is 2. The van der Waals surface area contributed by atoms with Crippen LogP contribution in [0.5, 0.6) is 0 Å². The molecular formula is C20H25N2O3S2+. The van der Waals surface area contributed by atoms with E-state index in [9.17, 15) is 9.59 Å². The van der Waals surface area contributed by atoms with Crippen molar-refractivity contribution < 1.29 is 19.2 Å². The minimum Gasteiger partial charge on any atom is -0.462 e. The summed E-state index contributed by atoms with van der Waals surface area (Å²) in [5, 5.41) is 7.76. The molecule has 144 valence electrons. The Morgan fingerprint density at radius 2 is 2.15 bits per heavy atom. The van der Waals surface area contributed by atoms with E-state index in [0.717, 1.165) is 37.8 Å². The molecule has 0 radical (unpaired) electrons. The number of rotatable bonds is 7. The summed E-state index contributed by atoms with van der Waals surface area (Å²) in [4.78, 5) is 27.8. The Balaban J connectivity index is 1.46. The molecule has 2 N–H and O–H groups in total. The molecule has 2 fully saturated rings. The SMILES string of the molecule is CCOC(=O)c1c(C2CC2)csc1NC(=O)C[NH+]1CCC[C@H]1c1cccs1. The van der Waals surface area contributed by atoms with Crippen LogP contribution in [-0.4, -0.2) is 31.6 Å². The molecule has 1 saturated heterocycles. The van der Waals surface area contributed by atoms with E-state index in [-0.39, 0.29) is 11.9 Å². The number of amides is 1. The van der Waals surface area contributed by atoms with Crippen molar-refractivity contribution in [1.82, 2.24) is 0 Å². The number of carbonyl (C=O) groups is 2. The van der Waals surface area contributed by atoms with Gasteiger partial charge in [0.25, 0.3) is 5.91 Å². The minimum atomic E-state index is -0.319. The average Bonchev–Trinajstić information content (AvgIpc) is 3.03. The Kier molecular flexibility index (Phi) is 5.61. The Morgan fingerprint density at radius 3 is 2.85 bits per heavy atom. The van der Waals surface area contributed by atoms with Crippen molar-refractivity contribution in [2.45, 2.75) is 44.6 Å². The van der Waals surface area contributed by atoms with Gasteiger partial charge in [0.1, 0.15) is 11.0 Å². The first kappa shape index (κ1) is 18.7. The fourth-order valence-electron chi connectivity index (χ4n) is 3.91. The van der Waals surface area contributed by atoms with Gasteiger partial charge in [-0.1, -0.05) is 6.07 Å². The summed E-state index contributed by atoms with van der Waals surface area (Å²) in [6.07, 6.45) is 4.49. The average molecular weight is 406 g/mol. The maximum atomic E-state index is 12.7. The first-order chi connectivity index (χ1) is 13.2. The van der Waals surface area contributed by atoms with Crippen LogP contribution >= 0.6 is 22.7 Å². The maximum absolute atomic E-state index is 12.7. The van der Waals surface area contributed by atoms with Crippen molar-refractivity contribution >= 4 is 39.6 Å². The molecule has 3 heterocycles. The van der Waals surface area contributed by atoms with Crippen molar-refractivity contribution in [3.63, 3.8) is 0 Å². The lowest BCUT2D eigenvalue weighted by Crippen LogP contribution is -3.11. The van der Waals surface area contributed by atoms with Crippen molar-refractivity contribution in [2.75, 3.05) is 25.0 Å². The molecule has 2 aliphatic rings. The molecule has 2 atom stereocenters. The number of nitrogens with one attached hydrogen (secondary N) is 2. The molecule has 1 saturated carbocycles. The Hall–Kier alpha value is -1.70. The van der Waals surface area contributed by atoms with Crippen LogP contribution < -0.4 is 10.2 Å². The monoisotopic (exact) mass is 405 g/mol. The van der Waals surface area contributed by atoms with E-state index in [1.54, 1.807) is 18.3 Å². The number of hydrogen-bond acceptors (Lipinski definition) is 5. The van der Waals surface area contributed by atoms with Crippen LogP contribution in [0.15, 0.2) is 22.9 Å². The summed E-state index contributed by atoms with van der Waals surface area (Å²) in [5.41, 5.74) is 1.61. The topological polar surface area (TPSA) is 59.8 Å². The summed E-state index contributed by atoms with van der Waals surface area (Å²) in [6, 6.07) is 4.65. The molecule has 2 aromatic rings. The van der Waals surface area contributed by atoms with Gasteiger partial charge in [0.2, 0.25) is 0 Å². The third-order valence-electron chi connectivity index (χ3n) is 5.33. The van der Waals surface area contributed by atoms with E-state index in [1.807, 2.05) is 5.38 Å². The molecule has 7 heteroatoms. The van der Waals surface area contributed by atoms with Crippen LogP contribution in [0.1, 0.15) is 65.4 Å². The molecule has 4 rings (SSSR count). The molecule has 0 bridgehead atoms. The summed E-state index contributed by atoms with van der Waals surface area (Å²) in [6.45, 7) is 3.59. The zero-order valence-corrected chi connectivity index (χ0v) is 17.1. The number of esters is 1. The van der Waals surface area contributed by atoms with Gasteiger partial charge in [-0.3, -0.25) is 4.79 Å². The van der Waals surface area contributed by atoms with Gasteiger partial charge in [-0.25, -0.2) is 4.79 Å². The third-order valence-corrected chi connectivity index (χ3v) is 7.23. The van der Waals surface area contributed by atoms with Crippen LogP contribution in [0, 0.1) is 0 Å². The quantitative estimate of drug-likeness (QED) is 0.696. The highest BCUT2D eigenvalue weighted by molar-refractivity contribution is 7.15. The highest BCUT2D eigenvalue weighted by Crippen LogP contribution is 2.46. The summed E-state index contributed by atoms with van der Waals surface area (Å²) in [7, 11) is 0. The fourth-order valence-corrected chi connectivity index (χ4v) is 5.87. The number of quaternary nitrogens is 1. The van der Waals surface area contributed by atoms with Crippen LogP contribution in [0.25, 0.3) is 0 Å². The molecule has 1 amide bonds. The van der Waals surface area contributed by atoms with Gasteiger partial charge >= 0.3 is 5.97 Å². The number of hydrogen-bond donors (Lipinski definition) is 2. The molecule has 1 unspecified atom stereocenters. The molecular weight excluding hydrogens is 380 g/mol. The predicted molar refractivity (Wildman–Crippen MR) is 108 cm³/mol. The second-order valence-corrected chi connectivity index (χ2v) is 9.09. The number of thiophene rings is 2. The van der Waals surface area contributed by atoms with Gasteiger partial charge in [-0.2, -0.15) is 0 Å². The van der Waals surface area contributed by atoms with Crippen LogP contribution in [-0.2, 0) is 9.53 Å². The van der Waals surface area contributed by atoms with Crippen LogP contribution in [0.4, 0.5) is 5.00 Å². The Bertz CT molecular complexity index is 811. The molecule has 1 aliphatic carbocycles. The van der Waals surface area contributed by atoms with Gasteiger partial charge in [0, 0.05) is 12.8 Å². The van der Waals surface area contributed by atoms with Crippen molar-refractivity contribution in [3.8, 4) is 0 Å². The standard InChI is InChI=1S/C20H24N2O3S2/c1-2-25-20(24)18-14(13-7-8-13)12-27-19(18)21-17(23)11-22-9-3-5-15(22)16-6-4-10-26-16/h4,6,10,12-13,15H,2-3,5,7-9,11H2,1H3,(H,21,23)/p+1/t15-/m0/s1. The molecule has 0 spiro atoms. The summed E-state index contributed by atoms with van der Waals surface area (Å²) >= 11 is 3.21. The lowest BCUT2D eigenvalue weighted by Gasteiger charge is -2.20. The zero-order chi connectivity index (χ0) is 18.8. The highest BCUT2D eigenvalue weighted by atomic mass is 32.1. The van der Waals surface area contributed by atoms with Gasteiger partial charge < -0.3 is 15.0 Å². The second kappa shape index (κ2) is 8.12. The Morgan fingerprint density at radius 1 is 1.30 bits per heavy atom. The van der Waals surface area contributed by atoms with E-state index < -0.39 is 0 Å². The Labute approximate surface area is 167 Å². The van der Waals surface area contributed by atoms with Crippen molar-refractivity contribution in [3.05, 3.63) is 38.9 Å². The minimum absolute atomic E-state index is 0.0248. The predicted octanol–water partition coefficient (Wildman–Crippen LogP) is 3.22. The normalized spacial score (nSPS) is 22.0. The van der Waals surface area contributed by atoms with Crippen molar-refractivity contribution in [1.29, 1.82) is 0 Å². The third kappa shape index (κ3) is 4.10. The fraction of sp³-hybridized carbons (Fsp3) is 0.500. The van der Waals surface area contributed by atoms with Gasteiger partial charge in [0.05, 0.1) is 23.6 Å². The molecule has 1 aliphatic heterocycles. The van der Waals surface area contributed by atoms with Gasteiger partial charge in [-0.05, 0) is 48.1 Å². The number of anilines is 1. The first-order valence-corrected chi connectivity index (χ1v) is 11.4. The molecule has 0 aromatic carbocycles. The summed E-state index contributed by atoms with van der Waals surface area (Å²) in [5.74, 6) is 0.0999. The first-order valence-electron chi connectivity index (χ1n) is 9.63. The van der Waals surface area contributed by atoms with Crippen molar-refractivity contribution in [2.24, 2.45) is 0 Å². The van der Waals surface area contributed by atoms with Gasteiger partial charge in [-0.15, -0.1) is 22.7 Å². The smallest absolute Gasteiger partial charge is 0.341 e. The van der Waals surface area contributed by atoms with Crippen LogP contribution in [0.2, 0.25) is 0 Å². The molecule has 5 nitrogen and oxygen atoms in total. The lowest BCUT2D eigenvalue weighted by molar-refractivity contribution is -0.910. The molecule has 2 aromatic heterocycles. The molecule has 27 heavy (non-hydrogen) atoms. The largest absolute Gasteiger partial charge is 0.462 e.